The minimum absolute atomic E-state index is 0.0805. The van der Waals surface area contributed by atoms with Crippen LogP contribution in [0.2, 0.25) is 0 Å². The number of nitrogen functional groups attached to an aromatic ring is 1. The lowest BCUT2D eigenvalue weighted by atomic mass is 9.80. The van der Waals surface area contributed by atoms with E-state index in [2.05, 4.69) is 18.6 Å². The van der Waals surface area contributed by atoms with Crippen molar-refractivity contribution >= 4 is 15.7 Å². The molecule has 0 bridgehead atoms. The van der Waals surface area contributed by atoms with Gasteiger partial charge in [-0.05, 0) is 54.9 Å². The number of rotatable bonds is 6. The normalized spacial score (nSPS) is 17.5. The fourth-order valence-electron chi connectivity index (χ4n) is 2.82. The molecule has 1 aliphatic heterocycles. The van der Waals surface area contributed by atoms with Gasteiger partial charge in [-0.15, -0.1) is 0 Å². The van der Waals surface area contributed by atoms with Gasteiger partial charge in [-0.25, -0.2) is 13.1 Å². The number of nitrogens with one attached hydrogen (secondary N) is 1. The molecule has 6 heteroatoms. The lowest BCUT2D eigenvalue weighted by molar-refractivity contribution is 0.0518. The Kier molecular flexibility index (Phi) is 5.47. The Bertz CT molecular complexity index is 576. The summed E-state index contributed by atoms with van der Waals surface area (Å²) >= 11 is 0. The Hall–Kier alpha value is -1.11. The smallest absolute Gasteiger partial charge is 0.240 e. The van der Waals surface area contributed by atoms with Crippen LogP contribution in [0.15, 0.2) is 29.2 Å². The third-order valence-corrected chi connectivity index (χ3v) is 5.53. The number of hydrogen-bond acceptors (Lipinski definition) is 4. The summed E-state index contributed by atoms with van der Waals surface area (Å²) in [5.41, 5.74) is 6.07. The van der Waals surface area contributed by atoms with Gasteiger partial charge in [0.25, 0.3) is 0 Å². The van der Waals surface area contributed by atoms with Gasteiger partial charge in [0.05, 0.1) is 4.90 Å². The second-order valence-corrected chi connectivity index (χ2v) is 8.58. The summed E-state index contributed by atoms with van der Waals surface area (Å²) in [5, 5.41) is 0. The zero-order valence-electron chi connectivity index (χ0n) is 13.3. The summed E-state index contributed by atoms with van der Waals surface area (Å²) in [6.07, 6.45) is 3.13. The average molecular weight is 326 g/mol. The van der Waals surface area contributed by atoms with Gasteiger partial charge in [-0.3, -0.25) is 0 Å². The van der Waals surface area contributed by atoms with Crippen LogP contribution in [0.1, 0.15) is 33.1 Å². The molecule has 1 aliphatic rings. The summed E-state index contributed by atoms with van der Waals surface area (Å²) in [4.78, 5) is 0.253. The fraction of sp³-hybridized carbons (Fsp3) is 0.625. The van der Waals surface area contributed by atoms with E-state index in [1.54, 1.807) is 12.1 Å². The molecule has 1 aromatic carbocycles. The van der Waals surface area contributed by atoms with E-state index in [9.17, 15) is 8.42 Å². The van der Waals surface area contributed by atoms with Gasteiger partial charge in [-0.1, -0.05) is 13.8 Å². The zero-order chi connectivity index (χ0) is 16.2. The Labute approximate surface area is 133 Å². The van der Waals surface area contributed by atoms with E-state index in [0.717, 1.165) is 32.5 Å². The highest BCUT2D eigenvalue weighted by atomic mass is 32.2. The van der Waals surface area contributed by atoms with Crippen molar-refractivity contribution in [2.24, 2.45) is 11.3 Å². The summed E-state index contributed by atoms with van der Waals surface area (Å²) in [5.74, 6) is 0.616. The number of anilines is 1. The van der Waals surface area contributed by atoms with Crippen LogP contribution in [0.5, 0.6) is 0 Å². The molecule has 0 aliphatic carbocycles. The standard InChI is InChI=1S/C16H26N2O3S/c1-16(2,11-13-7-9-21-10-8-13)12-18-22(19,20)15-5-3-14(17)4-6-15/h3-6,13,18H,7-12,17H2,1-2H3. The summed E-state index contributed by atoms with van der Waals surface area (Å²) in [6, 6.07) is 6.26. The number of hydrogen-bond donors (Lipinski definition) is 2. The Morgan fingerprint density at radius 1 is 1.23 bits per heavy atom. The molecule has 0 atom stereocenters. The van der Waals surface area contributed by atoms with Crippen LogP contribution in [0.4, 0.5) is 5.69 Å². The van der Waals surface area contributed by atoms with Gasteiger partial charge in [0.15, 0.2) is 0 Å². The van der Waals surface area contributed by atoms with E-state index < -0.39 is 10.0 Å². The van der Waals surface area contributed by atoms with E-state index in [4.69, 9.17) is 10.5 Å². The number of nitrogens with two attached hydrogens (primary N) is 1. The van der Waals surface area contributed by atoms with Crippen molar-refractivity contribution in [3.8, 4) is 0 Å². The summed E-state index contributed by atoms with van der Waals surface area (Å²) in [7, 11) is -3.48. The van der Waals surface area contributed by atoms with Crippen molar-refractivity contribution in [2.45, 2.75) is 38.0 Å². The average Bonchev–Trinajstić information content (AvgIpc) is 2.47. The molecule has 0 unspecified atom stereocenters. The monoisotopic (exact) mass is 326 g/mol. The largest absolute Gasteiger partial charge is 0.399 e. The van der Waals surface area contributed by atoms with Crippen molar-refractivity contribution in [1.82, 2.24) is 4.72 Å². The molecule has 3 N–H and O–H groups in total. The SMILES string of the molecule is CC(C)(CNS(=O)(=O)c1ccc(N)cc1)CC1CCOCC1. The van der Waals surface area contributed by atoms with Crippen molar-refractivity contribution in [1.29, 1.82) is 0 Å². The first-order chi connectivity index (χ1) is 10.3. The quantitative estimate of drug-likeness (QED) is 0.787. The van der Waals surface area contributed by atoms with E-state index in [1.165, 1.54) is 12.1 Å². The minimum Gasteiger partial charge on any atom is -0.399 e. The Morgan fingerprint density at radius 3 is 2.41 bits per heavy atom. The maximum absolute atomic E-state index is 12.3. The third kappa shape index (κ3) is 4.97. The molecule has 0 aromatic heterocycles. The summed E-state index contributed by atoms with van der Waals surface area (Å²) < 4.78 is 32.7. The molecule has 0 saturated carbocycles. The minimum atomic E-state index is -3.48. The van der Waals surface area contributed by atoms with Gasteiger partial charge >= 0.3 is 0 Å². The molecule has 2 rings (SSSR count). The highest BCUT2D eigenvalue weighted by molar-refractivity contribution is 7.89. The molecule has 1 aromatic rings. The van der Waals surface area contributed by atoms with Crippen LogP contribution in [0.25, 0.3) is 0 Å². The van der Waals surface area contributed by atoms with Crippen LogP contribution < -0.4 is 10.5 Å². The van der Waals surface area contributed by atoms with Gasteiger partial charge in [0.2, 0.25) is 10.0 Å². The van der Waals surface area contributed by atoms with Crippen LogP contribution in [0.3, 0.4) is 0 Å². The first-order valence-corrected chi connectivity index (χ1v) is 9.20. The molecule has 1 saturated heterocycles. The molecule has 1 fully saturated rings. The van der Waals surface area contributed by atoms with E-state index in [-0.39, 0.29) is 10.3 Å². The molecule has 0 radical (unpaired) electrons. The second-order valence-electron chi connectivity index (χ2n) is 6.82. The van der Waals surface area contributed by atoms with Crippen LogP contribution in [-0.4, -0.2) is 28.2 Å². The van der Waals surface area contributed by atoms with Crippen molar-refractivity contribution in [2.75, 3.05) is 25.5 Å². The van der Waals surface area contributed by atoms with E-state index in [0.29, 0.717) is 18.2 Å². The van der Waals surface area contributed by atoms with Gasteiger partial charge in [-0.2, -0.15) is 0 Å². The molecule has 124 valence electrons. The Morgan fingerprint density at radius 2 is 1.82 bits per heavy atom. The van der Waals surface area contributed by atoms with E-state index >= 15 is 0 Å². The molecule has 22 heavy (non-hydrogen) atoms. The van der Waals surface area contributed by atoms with Gasteiger partial charge < -0.3 is 10.5 Å². The molecule has 0 spiro atoms. The lowest BCUT2D eigenvalue weighted by Crippen LogP contribution is -2.36. The molecular formula is C16H26N2O3S. The van der Waals surface area contributed by atoms with Crippen molar-refractivity contribution in [3.63, 3.8) is 0 Å². The maximum Gasteiger partial charge on any atom is 0.240 e. The van der Waals surface area contributed by atoms with E-state index in [1.807, 2.05) is 0 Å². The van der Waals surface area contributed by atoms with Crippen LogP contribution in [0, 0.1) is 11.3 Å². The number of ether oxygens (including phenoxy) is 1. The summed E-state index contributed by atoms with van der Waals surface area (Å²) in [6.45, 7) is 6.27. The highest BCUT2D eigenvalue weighted by Crippen LogP contribution is 2.30. The van der Waals surface area contributed by atoms with Crippen LogP contribution in [-0.2, 0) is 14.8 Å². The number of sulfonamides is 1. The fourth-order valence-corrected chi connectivity index (χ4v) is 4.07. The lowest BCUT2D eigenvalue weighted by Gasteiger charge is -2.32. The molecule has 5 nitrogen and oxygen atoms in total. The number of benzene rings is 1. The molecule has 1 heterocycles. The third-order valence-electron chi connectivity index (χ3n) is 4.11. The predicted octanol–water partition coefficient (Wildman–Crippen LogP) is 2.39. The van der Waals surface area contributed by atoms with Crippen LogP contribution >= 0.6 is 0 Å². The van der Waals surface area contributed by atoms with Crippen molar-refractivity contribution < 1.29 is 13.2 Å². The van der Waals surface area contributed by atoms with Gasteiger partial charge in [0.1, 0.15) is 0 Å². The zero-order valence-corrected chi connectivity index (χ0v) is 14.2. The van der Waals surface area contributed by atoms with Crippen molar-refractivity contribution in [3.05, 3.63) is 24.3 Å². The van der Waals surface area contributed by atoms with Gasteiger partial charge in [0, 0.05) is 25.4 Å². The maximum atomic E-state index is 12.3. The first-order valence-electron chi connectivity index (χ1n) is 7.71. The second kappa shape index (κ2) is 6.98. The predicted molar refractivity (Wildman–Crippen MR) is 88.0 cm³/mol. The molecular weight excluding hydrogens is 300 g/mol. The highest BCUT2D eigenvalue weighted by Gasteiger charge is 2.27. The Balaban J connectivity index is 1.93. The topological polar surface area (TPSA) is 81.4 Å². The molecule has 0 amide bonds. The first kappa shape index (κ1) is 17.2.